The Labute approximate surface area is 132 Å². The van der Waals surface area contributed by atoms with Crippen LogP contribution in [0.1, 0.15) is 19.8 Å². The Kier molecular flexibility index (Phi) is 9.63. The molecule has 0 aliphatic rings. The molecule has 0 atom stereocenters. The van der Waals surface area contributed by atoms with Crippen LogP contribution < -0.4 is 0 Å². The topological polar surface area (TPSA) is 48.0 Å². The molecule has 0 fully saturated rings. The van der Waals surface area contributed by atoms with Crippen molar-refractivity contribution in [1.29, 1.82) is 0 Å². The van der Waals surface area contributed by atoms with E-state index >= 15 is 0 Å². The van der Waals surface area contributed by atoms with Crippen molar-refractivity contribution in [1.82, 2.24) is 4.57 Å². The summed E-state index contributed by atoms with van der Waals surface area (Å²) in [5.74, 6) is -0.103. The fraction of sp³-hybridized carbons (Fsp3) is 0.929. The summed E-state index contributed by atoms with van der Waals surface area (Å²) in [6.07, 6.45) is 1.51. The highest BCUT2D eigenvalue weighted by Gasteiger charge is 2.30. The van der Waals surface area contributed by atoms with Gasteiger partial charge < -0.3 is 18.2 Å². The standard InChI is InChI=1S/C14H33NO4Si2/c1-8-19-14(16)10-12-15(20(4,5)6)11-9-13-21(7,17-2)18-3/h8-13H2,1-7H3. The van der Waals surface area contributed by atoms with Gasteiger partial charge in [-0.3, -0.25) is 4.79 Å². The van der Waals surface area contributed by atoms with Gasteiger partial charge in [-0.15, -0.1) is 0 Å². The predicted octanol–water partition coefficient (Wildman–Crippen LogP) is 2.83. The third-order valence-corrected chi connectivity index (χ3v) is 9.10. The lowest BCUT2D eigenvalue weighted by atomic mass is 10.4. The van der Waals surface area contributed by atoms with Gasteiger partial charge in [-0.05, 0) is 32.5 Å². The molecule has 21 heavy (non-hydrogen) atoms. The van der Waals surface area contributed by atoms with Gasteiger partial charge in [0.05, 0.1) is 13.0 Å². The molecule has 0 saturated carbocycles. The number of nitrogens with zero attached hydrogens (tertiary/aromatic N) is 1. The van der Waals surface area contributed by atoms with Crippen LogP contribution in [0.3, 0.4) is 0 Å². The van der Waals surface area contributed by atoms with E-state index in [1.54, 1.807) is 14.2 Å². The second-order valence-corrected chi connectivity index (χ2v) is 14.9. The Bertz CT molecular complexity index is 304. The Morgan fingerprint density at radius 3 is 2.05 bits per heavy atom. The second kappa shape index (κ2) is 9.73. The number of rotatable bonds is 11. The quantitative estimate of drug-likeness (QED) is 0.429. The summed E-state index contributed by atoms with van der Waals surface area (Å²) < 4.78 is 18.5. The average Bonchev–Trinajstić information content (AvgIpc) is 2.41. The van der Waals surface area contributed by atoms with Crippen LogP contribution in [0.15, 0.2) is 0 Å². The van der Waals surface area contributed by atoms with E-state index in [9.17, 15) is 4.79 Å². The van der Waals surface area contributed by atoms with Crippen molar-refractivity contribution in [3.05, 3.63) is 0 Å². The normalized spacial score (nSPS) is 12.8. The van der Waals surface area contributed by atoms with Crippen LogP contribution in [-0.4, -0.2) is 61.2 Å². The van der Waals surface area contributed by atoms with Gasteiger partial charge >= 0.3 is 14.5 Å². The first-order chi connectivity index (χ1) is 9.68. The zero-order valence-corrected chi connectivity index (χ0v) is 16.8. The SMILES string of the molecule is CCOC(=O)CCN(CCC[Si](C)(OC)OC)[Si](C)(C)C. The lowest BCUT2D eigenvalue weighted by Gasteiger charge is -2.34. The Morgan fingerprint density at radius 2 is 1.62 bits per heavy atom. The molecule has 0 spiro atoms. The van der Waals surface area contributed by atoms with Crippen LogP contribution in [0.2, 0.25) is 32.2 Å². The van der Waals surface area contributed by atoms with Crippen molar-refractivity contribution < 1.29 is 18.4 Å². The van der Waals surface area contributed by atoms with E-state index in [0.29, 0.717) is 13.0 Å². The van der Waals surface area contributed by atoms with Crippen molar-refractivity contribution in [2.24, 2.45) is 0 Å². The molecule has 0 heterocycles. The van der Waals surface area contributed by atoms with Gasteiger partial charge in [0.2, 0.25) is 0 Å². The van der Waals surface area contributed by atoms with Crippen LogP contribution in [0.5, 0.6) is 0 Å². The molecule has 7 heteroatoms. The number of hydrogen-bond donors (Lipinski definition) is 0. The molecule has 0 unspecified atom stereocenters. The number of esters is 1. The van der Waals surface area contributed by atoms with Crippen molar-refractivity contribution in [3.63, 3.8) is 0 Å². The molecule has 0 radical (unpaired) electrons. The largest absolute Gasteiger partial charge is 0.466 e. The van der Waals surface area contributed by atoms with E-state index in [-0.39, 0.29) is 5.97 Å². The van der Waals surface area contributed by atoms with Crippen molar-refractivity contribution in [2.75, 3.05) is 33.9 Å². The minimum Gasteiger partial charge on any atom is -0.466 e. The molecule has 5 nitrogen and oxygen atoms in total. The maximum atomic E-state index is 11.5. The summed E-state index contributed by atoms with van der Waals surface area (Å²) in [6, 6.07) is 0.973. The minimum absolute atomic E-state index is 0.103. The Hall–Kier alpha value is -0.216. The van der Waals surface area contributed by atoms with E-state index in [4.69, 9.17) is 13.6 Å². The van der Waals surface area contributed by atoms with E-state index in [1.807, 2.05) is 6.92 Å². The van der Waals surface area contributed by atoms with Crippen LogP contribution in [0, 0.1) is 0 Å². The predicted molar refractivity (Wildman–Crippen MR) is 91.2 cm³/mol. The first-order valence-electron chi connectivity index (χ1n) is 7.69. The van der Waals surface area contributed by atoms with E-state index in [0.717, 1.165) is 25.6 Å². The van der Waals surface area contributed by atoms with Crippen LogP contribution in [0.4, 0.5) is 0 Å². The number of hydrogen-bond acceptors (Lipinski definition) is 5. The van der Waals surface area contributed by atoms with Crippen LogP contribution in [-0.2, 0) is 18.4 Å². The molecule has 0 aliphatic heterocycles. The highest BCUT2D eigenvalue weighted by atomic mass is 28.4. The molecule has 0 N–H and O–H groups in total. The fourth-order valence-electron chi connectivity index (χ4n) is 2.12. The summed E-state index contributed by atoms with van der Waals surface area (Å²) in [5, 5.41) is 0. The van der Waals surface area contributed by atoms with E-state index in [2.05, 4.69) is 30.8 Å². The van der Waals surface area contributed by atoms with E-state index < -0.39 is 16.8 Å². The molecule has 0 aromatic carbocycles. The second-order valence-electron chi connectivity index (χ2n) is 6.36. The van der Waals surface area contributed by atoms with Gasteiger partial charge in [0.1, 0.15) is 8.24 Å². The van der Waals surface area contributed by atoms with Gasteiger partial charge in [-0.1, -0.05) is 19.6 Å². The molecule has 0 aliphatic carbocycles. The highest BCUT2D eigenvalue weighted by Crippen LogP contribution is 2.17. The van der Waals surface area contributed by atoms with Crippen molar-refractivity contribution in [2.45, 2.75) is 52.0 Å². The summed E-state index contributed by atoms with van der Waals surface area (Å²) in [7, 11) is 0.0405. The monoisotopic (exact) mass is 335 g/mol. The molecule has 0 aromatic rings. The molecular formula is C14H33NO4Si2. The Morgan fingerprint density at radius 1 is 1.05 bits per heavy atom. The van der Waals surface area contributed by atoms with Gasteiger partial charge in [0.25, 0.3) is 0 Å². The smallest absolute Gasteiger partial charge is 0.334 e. The first kappa shape index (κ1) is 20.8. The summed E-state index contributed by atoms with van der Waals surface area (Å²) in [5.41, 5.74) is 0. The average molecular weight is 336 g/mol. The third kappa shape index (κ3) is 8.72. The molecule has 0 amide bonds. The molecular weight excluding hydrogens is 302 g/mol. The fourth-order valence-corrected chi connectivity index (χ4v) is 5.11. The van der Waals surface area contributed by atoms with Crippen LogP contribution in [0.25, 0.3) is 0 Å². The molecule has 0 aromatic heterocycles. The molecule has 0 bridgehead atoms. The summed E-state index contributed by atoms with van der Waals surface area (Å²) >= 11 is 0. The zero-order chi connectivity index (χ0) is 16.5. The lowest BCUT2D eigenvalue weighted by Crippen LogP contribution is -2.48. The minimum atomic E-state index is -1.98. The molecule has 0 rings (SSSR count). The third-order valence-electron chi connectivity index (χ3n) is 3.76. The molecule has 126 valence electrons. The zero-order valence-electron chi connectivity index (χ0n) is 14.8. The summed E-state index contributed by atoms with van der Waals surface area (Å²) in [4.78, 5) is 11.5. The maximum absolute atomic E-state index is 11.5. The van der Waals surface area contributed by atoms with Gasteiger partial charge in [-0.25, -0.2) is 0 Å². The number of carbonyl (C=O) groups is 1. The van der Waals surface area contributed by atoms with Crippen LogP contribution >= 0.6 is 0 Å². The van der Waals surface area contributed by atoms with Gasteiger partial charge in [0, 0.05) is 20.8 Å². The van der Waals surface area contributed by atoms with Gasteiger partial charge in [0.15, 0.2) is 0 Å². The highest BCUT2D eigenvalue weighted by molar-refractivity contribution is 6.73. The molecule has 0 saturated heterocycles. The van der Waals surface area contributed by atoms with E-state index in [1.165, 1.54) is 0 Å². The maximum Gasteiger partial charge on any atom is 0.334 e. The van der Waals surface area contributed by atoms with Gasteiger partial charge in [-0.2, -0.15) is 0 Å². The number of carbonyl (C=O) groups excluding carboxylic acids is 1. The first-order valence-corrected chi connectivity index (χ1v) is 13.7. The Balaban J connectivity index is 4.36. The number of ether oxygens (including phenoxy) is 1. The van der Waals surface area contributed by atoms with Crippen molar-refractivity contribution in [3.8, 4) is 0 Å². The van der Waals surface area contributed by atoms with Crippen molar-refractivity contribution >= 4 is 22.8 Å². The lowest BCUT2D eigenvalue weighted by molar-refractivity contribution is -0.143. The summed E-state index contributed by atoms with van der Waals surface area (Å²) in [6.45, 7) is 13.1.